The molecule has 1 unspecified atom stereocenters. The number of para-hydroxylation sites is 1. The highest BCUT2D eigenvalue weighted by Gasteiger charge is 2.18. The molecule has 2 aromatic heterocycles. The number of rotatable bonds is 7. The first-order chi connectivity index (χ1) is 18.0. The molecular weight excluding hydrogens is 468 g/mol. The fraction of sp³-hybridized carbons (Fsp3) is 0.0714. The van der Waals surface area contributed by atoms with Crippen LogP contribution in [0.25, 0.3) is 22.4 Å². The molecule has 0 saturated carbocycles. The highest BCUT2D eigenvalue weighted by atomic mass is 16.3. The number of H-pyrrole nitrogens is 2. The van der Waals surface area contributed by atoms with Crippen molar-refractivity contribution < 1.29 is 9.90 Å². The number of pyridine rings is 1. The van der Waals surface area contributed by atoms with Crippen molar-refractivity contribution in [3.63, 3.8) is 0 Å². The fourth-order valence-corrected chi connectivity index (χ4v) is 4.00. The van der Waals surface area contributed by atoms with Crippen LogP contribution in [0.4, 0.5) is 11.4 Å². The number of nitriles is 1. The Labute approximate surface area is 211 Å². The summed E-state index contributed by atoms with van der Waals surface area (Å²) in [4.78, 5) is 36.1. The molecule has 0 fully saturated rings. The van der Waals surface area contributed by atoms with E-state index in [2.05, 4.69) is 25.6 Å². The quantitative estimate of drug-likeness (QED) is 0.231. The maximum Gasteiger partial charge on any atom is 0.261 e. The number of nitrogens with one attached hydrogen (secondary N) is 4. The minimum absolute atomic E-state index is 0.187. The van der Waals surface area contributed by atoms with Gasteiger partial charge in [-0.2, -0.15) is 5.26 Å². The minimum atomic E-state index is -0.770. The van der Waals surface area contributed by atoms with Crippen LogP contribution in [0.15, 0.2) is 89.9 Å². The summed E-state index contributed by atoms with van der Waals surface area (Å²) in [5.41, 5.74) is 3.62. The van der Waals surface area contributed by atoms with Gasteiger partial charge in [0.2, 0.25) is 0 Å². The van der Waals surface area contributed by atoms with Crippen LogP contribution >= 0.6 is 0 Å². The summed E-state index contributed by atoms with van der Waals surface area (Å²) in [6.07, 6.45) is 0.752. The first-order valence-electron chi connectivity index (χ1n) is 11.5. The summed E-state index contributed by atoms with van der Waals surface area (Å²) in [5, 5.41) is 25.5. The Morgan fingerprint density at radius 3 is 2.54 bits per heavy atom. The molecule has 5 aromatic rings. The number of carbonyl (C=O) groups is 1. The molecule has 9 nitrogen and oxygen atoms in total. The first-order valence-corrected chi connectivity index (χ1v) is 11.5. The van der Waals surface area contributed by atoms with Crippen LogP contribution in [0.5, 0.6) is 0 Å². The number of carbonyl (C=O) groups excluding carboxylic acids is 1. The summed E-state index contributed by atoms with van der Waals surface area (Å²) in [6.45, 7) is 0.187. The van der Waals surface area contributed by atoms with Crippen molar-refractivity contribution in [1.82, 2.24) is 15.0 Å². The molecule has 0 spiro atoms. The number of imidazole rings is 1. The Kier molecular flexibility index (Phi) is 6.48. The molecule has 0 aliphatic rings. The molecule has 0 aliphatic heterocycles. The zero-order chi connectivity index (χ0) is 25.8. The number of aromatic amines is 2. The number of nitrogens with zero attached hydrogens (tertiary/aromatic N) is 2. The predicted molar refractivity (Wildman–Crippen MR) is 141 cm³/mol. The van der Waals surface area contributed by atoms with Gasteiger partial charge >= 0.3 is 0 Å². The molecule has 0 bridgehead atoms. The van der Waals surface area contributed by atoms with E-state index in [0.29, 0.717) is 39.4 Å². The Morgan fingerprint density at radius 2 is 1.78 bits per heavy atom. The molecule has 0 aliphatic carbocycles. The number of aliphatic hydroxyl groups excluding tert-OH is 1. The SMILES string of the molecule is N#Cc1ccc(C(=O)Nc2cccc3[nH]c(-c4c(NCC(O)c5ccccc5)cc[nH]c4=O)nc23)cc1. The monoisotopic (exact) mass is 490 g/mol. The van der Waals surface area contributed by atoms with Crippen LogP contribution in [0.2, 0.25) is 0 Å². The average molecular weight is 491 g/mol. The highest BCUT2D eigenvalue weighted by molar-refractivity contribution is 6.08. The normalized spacial score (nSPS) is 11.6. The maximum atomic E-state index is 12.8. The summed E-state index contributed by atoms with van der Waals surface area (Å²) < 4.78 is 0. The van der Waals surface area contributed by atoms with Crippen molar-refractivity contribution >= 4 is 28.3 Å². The zero-order valence-electron chi connectivity index (χ0n) is 19.5. The molecule has 9 heteroatoms. The number of benzene rings is 3. The lowest BCUT2D eigenvalue weighted by Crippen LogP contribution is -2.17. The second kappa shape index (κ2) is 10.2. The number of hydrogen-bond donors (Lipinski definition) is 5. The molecule has 1 atom stereocenters. The second-order valence-corrected chi connectivity index (χ2v) is 8.33. The van der Waals surface area contributed by atoms with E-state index in [1.165, 1.54) is 6.20 Å². The summed E-state index contributed by atoms with van der Waals surface area (Å²) in [6, 6.07) is 24.6. The standard InChI is InChI=1S/C28H22N6O3/c29-15-17-9-11-19(12-10-17)27(36)33-22-8-4-7-21-25(22)34-26(32-21)24-20(13-14-30-28(24)37)31-16-23(35)18-5-2-1-3-6-18/h1-14,23,35H,16H2,(H,32,34)(H,33,36)(H2,30,31,37). The van der Waals surface area contributed by atoms with Gasteiger partial charge in [-0.3, -0.25) is 9.59 Å². The number of aromatic nitrogens is 3. The zero-order valence-corrected chi connectivity index (χ0v) is 19.5. The molecule has 182 valence electrons. The van der Waals surface area contributed by atoms with Gasteiger partial charge in [-0.05, 0) is 48.0 Å². The largest absolute Gasteiger partial charge is 0.387 e. The molecule has 3 aromatic carbocycles. The molecule has 0 radical (unpaired) electrons. The summed E-state index contributed by atoms with van der Waals surface area (Å²) >= 11 is 0. The minimum Gasteiger partial charge on any atom is -0.387 e. The number of anilines is 2. The van der Waals surface area contributed by atoms with Crippen molar-refractivity contribution in [2.24, 2.45) is 0 Å². The number of fused-ring (bicyclic) bond motifs is 1. The van der Waals surface area contributed by atoms with Crippen molar-refractivity contribution in [3.8, 4) is 17.5 Å². The third-order valence-corrected chi connectivity index (χ3v) is 5.90. The van der Waals surface area contributed by atoms with E-state index < -0.39 is 6.10 Å². The lowest BCUT2D eigenvalue weighted by atomic mass is 10.1. The smallest absolute Gasteiger partial charge is 0.261 e. The van der Waals surface area contributed by atoms with E-state index in [4.69, 9.17) is 5.26 Å². The second-order valence-electron chi connectivity index (χ2n) is 8.33. The van der Waals surface area contributed by atoms with Crippen LogP contribution in [0.3, 0.4) is 0 Å². The van der Waals surface area contributed by atoms with Gasteiger partial charge in [0, 0.05) is 18.3 Å². The van der Waals surface area contributed by atoms with Crippen LogP contribution in [0.1, 0.15) is 27.6 Å². The Bertz CT molecular complexity index is 1670. The van der Waals surface area contributed by atoms with Gasteiger partial charge in [0.1, 0.15) is 16.9 Å². The van der Waals surface area contributed by atoms with Gasteiger partial charge < -0.3 is 25.7 Å². The number of hydrogen-bond acceptors (Lipinski definition) is 6. The first kappa shape index (κ1) is 23.5. The molecule has 37 heavy (non-hydrogen) atoms. The predicted octanol–water partition coefficient (Wildman–Crippen LogP) is 4.19. The van der Waals surface area contributed by atoms with Crippen LogP contribution in [0, 0.1) is 11.3 Å². The van der Waals surface area contributed by atoms with Crippen molar-refractivity contribution in [2.45, 2.75) is 6.10 Å². The Hall–Kier alpha value is -5.20. The van der Waals surface area contributed by atoms with E-state index >= 15 is 0 Å². The third-order valence-electron chi connectivity index (χ3n) is 5.90. The molecule has 5 N–H and O–H groups in total. The maximum absolute atomic E-state index is 12.8. The summed E-state index contributed by atoms with van der Waals surface area (Å²) in [7, 11) is 0. The van der Waals surface area contributed by atoms with E-state index in [9.17, 15) is 14.7 Å². The topological polar surface area (TPSA) is 147 Å². The van der Waals surface area contributed by atoms with Crippen molar-refractivity contribution in [1.29, 1.82) is 5.26 Å². The molecule has 1 amide bonds. The van der Waals surface area contributed by atoms with Gasteiger partial charge in [-0.25, -0.2) is 4.98 Å². The Morgan fingerprint density at radius 1 is 1.00 bits per heavy atom. The van der Waals surface area contributed by atoms with Gasteiger partial charge in [-0.1, -0.05) is 36.4 Å². The fourth-order valence-electron chi connectivity index (χ4n) is 4.00. The van der Waals surface area contributed by atoms with Crippen molar-refractivity contribution in [3.05, 3.63) is 112 Å². The van der Waals surface area contributed by atoms with E-state index in [1.807, 2.05) is 36.4 Å². The number of aliphatic hydroxyl groups is 1. The van der Waals surface area contributed by atoms with Gasteiger partial charge in [0.05, 0.1) is 34.6 Å². The molecular formula is C28H22N6O3. The molecule has 5 rings (SSSR count). The molecule has 2 heterocycles. The van der Waals surface area contributed by atoms with E-state index in [-0.39, 0.29) is 23.6 Å². The van der Waals surface area contributed by atoms with Gasteiger partial charge in [0.25, 0.3) is 11.5 Å². The van der Waals surface area contributed by atoms with Crippen LogP contribution in [-0.4, -0.2) is 32.5 Å². The highest BCUT2D eigenvalue weighted by Crippen LogP contribution is 2.28. The third kappa shape index (κ3) is 4.96. The number of amides is 1. The van der Waals surface area contributed by atoms with Gasteiger partial charge in [-0.15, -0.1) is 0 Å². The average Bonchev–Trinajstić information content (AvgIpc) is 3.37. The van der Waals surface area contributed by atoms with E-state index in [0.717, 1.165) is 5.56 Å². The lowest BCUT2D eigenvalue weighted by Gasteiger charge is -2.14. The Balaban J connectivity index is 1.43. The lowest BCUT2D eigenvalue weighted by molar-refractivity contribution is 0.102. The van der Waals surface area contributed by atoms with Gasteiger partial charge in [0.15, 0.2) is 0 Å². The van der Waals surface area contributed by atoms with Crippen molar-refractivity contribution in [2.75, 3.05) is 17.2 Å². The van der Waals surface area contributed by atoms with E-state index in [1.54, 1.807) is 48.5 Å². The summed E-state index contributed by atoms with van der Waals surface area (Å²) in [5.74, 6) is -0.0371. The van der Waals surface area contributed by atoms with Crippen LogP contribution in [-0.2, 0) is 0 Å². The molecule has 0 saturated heterocycles. The van der Waals surface area contributed by atoms with Crippen LogP contribution < -0.4 is 16.2 Å².